The van der Waals surface area contributed by atoms with Crippen LogP contribution in [0.25, 0.3) is 0 Å². The van der Waals surface area contributed by atoms with Gasteiger partial charge in [0.1, 0.15) is 17.8 Å². The van der Waals surface area contributed by atoms with Gasteiger partial charge in [0.05, 0.1) is 19.3 Å². The molecule has 0 aromatic rings. The molecule has 60 valence electrons. The summed E-state index contributed by atoms with van der Waals surface area (Å²) in [5.41, 5.74) is 0. The Morgan fingerprint density at radius 2 is 2.45 bits per heavy atom. The van der Waals surface area contributed by atoms with Crippen LogP contribution in [0, 0.1) is 5.92 Å². The van der Waals surface area contributed by atoms with Crippen molar-refractivity contribution in [1.29, 1.82) is 0 Å². The second kappa shape index (κ2) is 3.23. The van der Waals surface area contributed by atoms with Gasteiger partial charge in [-0.3, -0.25) is 0 Å². The Hall–Kier alpha value is -1.25. The lowest BCUT2D eigenvalue weighted by Crippen LogP contribution is -2.11. The minimum absolute atomic E-state index is 0.284. The van der Waals surface area contributed by atoms with Gasteiger partial charge in [-0.2, -0.15) is 0 Å². The van der Waals surface area contributed by atoms with E-state index >= 15 is 0 Å². The summed E-state index contributed by atoms with van der Waals surface area (Å²) in [7, 11) is 1.53. The van der Waals surface area contributed by atoms with Gasteiger partial charge in [-0.05, 0) is 13.0 Å². The van der Waals surface area contributed by atoms with E-state index in [1.807, 2.05) is 0 Å². The topological polar surface area (TPSA) is 35.5 Å². The highest BCUT2D eigenvalue weighted by atomic mass is 16.5. The van der Waals surface area contributed by atoms with Gasteiger partial charge < -0.3 is 14.3 Å². The smallest absolute Gasteiger partial charge is 0.147 e. The van der Waals surface area contributed by atoms with Gasteiger partial charge >= 0.3 is 0 Å². The Morgan fingerprint density at radius 1 is 1.73 bits per heavy atom. The molecule has 0 radical (unpaired) electrons. The van der Waals surface area contributed by atoms with Crippen LogP contribution in [0.3, 0.4) is 0 Å². The van der Waals surface area contributed by atoms with Crippen molar-refractivity contribution in [2.75, 3.05) is 7.11 Å². The lowest BCUT2D eigenvalue weighted by atomic mass is 10.1. The van der Waals surface area contributed by atoms with Crippen LogP contribution in [0.2, 0.25) is 0 Å². The highest BCUT2D eigenvalue weighted by Crippen LogP contribution is 2.21. The lowest BCUT2D eigenvalue weighted by molar-refractivity contribution is -0.110. The maximum Gasteiger partial charge on any atom is 0.147 e. The molecule has 0 aromatic heterocycles. The quantitative estimate of drug-likeness (QED) is 0.561. The first-order valence-electron chi connectivity index (χ1n) is 3.33. The summed E-state index contributed by atoms with van der Waals surface area (Å²) in [4.78, 5) is 10.5. The van der Waals surface area contributed by atoms with E-state index in [1.165, 1.54) is 13.4 Å². The Balaban J connectivity index is 2.86. The summed E-state index contributed by atoms with van der Waals surface area (Å²) in [6.07, 6.45) is 3.97. The predicted molar refractivity (Wildman–Crippen MR) is 39.5 cm³/mol. The summed E-state index contributed by atoms with van der Waals surface area (Å²) >= 11 is 0. The van der Waals surface area contributed by atoms with Crippen LogP contribution in [-0.2, 0) is 14.3 Å². The Bertz CT molecular complexity index is 215. The van der Waals surface area contributed by atoms with Crippen LogP contribution in [0.15, 0.2) is 23.9 Å². The van der Waals surface area contributed by atoms with E-state index in [0.29, 0.717) is 11.5 Å². The van der Waals surface area contributed by atoms with Crippen LogP contribution in [0.1, 0.15) is 6.92 Å². The molecule has 0 N–H and O–H groups in total. The average Bonchev–Trinajstić information content (AvgIpc) is 2.04. The van der Waals surface area contributed by atoms with Gasteiger partial charge in [0.2, 0.25) is 0 Å². The van der Waals surface area contributed by atoms with Crippen molar-refractivity contribution in [3.8, 4) is 0 Å². The molecule has 1 atom stereocenters. The molecule has 1 rings (SSSR count). The molecule has 1 unspecified atom stereocenters. The van der Waals surface area contributed by atoms with E-state index in [-0.39, 0.29) is 5.92 Å². The highest BCUT2D eigenvalue weighted by molar-refractivity contribution is 5.61. The zero-order valence-corrected chi connectivity index (χ0v) is 6.53. The summed E-state index contributed by atoms with van der Waals surface area (Å²) < 4.78 is 10.0. The van der Waals surface area contributed by atoms with Crippen molar-refractivity contribution >= 4 is 6.29 Å². The van der Waals surface area contributed by atoms with Crippen molar-refractivity contribution in [3.63, 3.8) is 0 Å². The third-order valence-electron chi connectivity index (χ3n) is 1.55. The van der Waals surface area contributed by atoms with Gasteiger partial charge in [-0.15, -0.1) is 0 Å². The fourth-order valence-electron chi connectivity index (χ4n) is 0.993. The lowest BCUT2D eigenvalue weighted by Gasteiger charge is -2.16. The van der Waals surface area contributed by atoms with Crippen LogP contribution in [0.5, 0.6) is 0 Å². The molecule has 0 saturated heterocycles. The fraction of sp³-hybridized carbons (Fsp3) is 0.375. The molecule has 0 amide bonds. The summed E-state index contributed by atoms with van der Waals surface area (Å²) in [6.45, 7) is 1.76. The molecule has 11 heavy (non-hydrogen) atoms. The van der Waals surface area contributed by atoms with Gasteiger partial charge in [-0.1, -0.05) is 0 Å². The molecule has 0 fully saturated rings. The van der Waals surface area contributed by atoms with E-state index < -0.39 is 0 Å². The fourth-order valence-corrected chi connectivity index (χ4v) is 0.993. The number of hydrogen-bond acceptors (Lipinski definition) is 3. The van der Waals surface area contributed by atoms with E-state index in [9.17, 15) is 4.79 Å². The summed E-state index contributed by atoms with van der Waals surface area (Å²) in [6, 6.07) is 0. The standard InChI is InChI=1S/C8H10O3/c1-6-8(10-2)7(5-9)3-4-11-6/h3-5,7H,1-2H3. The van der Waals surface area contributed by atoms with E-state index in [2.05, 4.69) is 0 Å². The third-order valence-corrected chi connectivity index (χ3v) is 1.55. The second-order valence-electron chi connectivity index (χ2n) is 2.23. The number of allylic oxidation sites excluding steroid dienone is 2. The first-order chi connectivity index (χ1) is 5.29. The van der Waals surface area contributed by atoms with Crippen molar-refractivity contribution in [1.82, 2.24) is 0 Å². The summed E-state index contributed by atoms with van der Waals surface area (Å²) in [5.74, 6) is 0.948. The Kier molecular flexibility index (Phi) is 2.31. The largest absolute Gasteiger partial charge is 0.496 e. The third kappa shape index (κ3) is 1.42. The second-order valence-corrected chi connectivity index (χ2v) is 2.23. The number of carbonyl (C=O) groups excluding carboxylic acids is 1. The molecule has 0 aliphatic carbocycles. The van der Waals surface area contributed by atoms with E-state index in [1.54, 1.807) is 13.0 Å². The number of carbonyl (C=O) groups is 1. The van der Waals surface area contributed by atoms with Crippen LogP contribution in [0.4, 0.5) is 0 Å². The molecule has 1 aliphatic rings. The predicted octanol–water partition coefficient (Wildman–Crippen LogP) is 1.22. The molecule has 3 heteroatoms. The van der Waals surface area contributed by atoms with Crippen molar-refractivity contribution < 1.29 is 14.3 Å². The van der Waals surface area contributed by atoms with Crippen molar-refractivity contribution in [2.24, 2.45) is 5.92 Å². The van der Waals surface area contributed by atoms with Crippen molar-refractivity contribution in [3.05, 3.63) is 23.9 Å². The number of rotatable bonds is 2. The molecule has 0 saturated carbocycles. The molecule has 0 aromatic carbocycles. The van der Waals surface area contributed by atoms with Crippen LogP contribution >= 0.6 is 0 Å². The molecule has 1 heterocycles. The van der Waals surface area contributed by atoms with Gasteiger partial charge in [0, 0.05) is 0 Å². The molecular formula is C8H10O3. The molecule has 1 aliphatic heterocycles. The molecule has 0 spiro atoms. The zero-order chi connectivity index (χ0) is 8.27. The Labute approximate surface area is 65.3 Å². The van der Waals surface area contributed by atoms with Crippen LogP contribution in [-0.4, -0.2) is 13.4 Å². The van der Waals surface area contributed by atoms with E-state index in [4.69, 9.17) is 9.47 Å². The van der Waals surface area contributed by atoms with Crippen LogP contribution < -0.4 is 0 Å². The minimum atomic E-state index is -0.284. The Morgan fingerprint density at radius 3 is 2.91 bits per heavy atom. The maximum atomic E-state index is 10.5. The van der Waals surface area contributed by atoms with Crippen molar-refractivity contribution in [2.45, 2.75) is 6.92 Å². The summed E-state index contributed by atoms with van der Waals surface area (Å²) in [5, 5.41) is 0. The van der Waals surface area contributed by atoms with Gasteiger partial charge in [0.15, 0.2) is 0 Å². The number of ether oxygens (including phenoxy) is 2. The van der Waals surface area contributed by atoms with Gasteiger partial charge in [-0.25, -0.2) is 0 Å². The number of methoxy groups -OCH3 is 1. The van der Waals surface area contributed by atoms with E-state index in [0.717, 1.165) is 6.29 Å². The molecule has 3 nitrogen and oxygen atoms in total. The number of hydrogen-bond donors (Lipinski definition) is 0. The first kappa shape index (κ1) is 7.85. The normalized spacial score (nSPS) is 22.9. The highest BCUT2D eigenvalue weighted by Gasteiger charge is 2.18. The van der Waals surface area contributed by atoms with Gasteiger partial charge in [0.25, 0.3) is 0 Å². The first-order valence-corrected chi connectivity index (χ1v) is 3.33. The maximum absolute atomic E-state index is 10.5. The minimum Gasteiger partial charge on any atom is -0.496 e. The monoisotopic (exact) mass is 154 g/mol. The SMILES string of the molecule is COC1=C(C)OC=CC1C=O. The molecular weight excluding hydrogens is 144 g/mol. The molecule has 0 bridgehead atoms. The number of aldehydes is 1. The zero-order valence-electron chi connectivity index (χ0n) is 6.53. The average molecular weight is 154 g/mol.